The van der Waals surface area contributed by atoms with Gasteiger partial charge in [0.2, 0.25) is 5.91 Å². The second-order valence-electron chi connectivity index (χ2n) is 6.00. The largest absolute Gasteiger partial charge is 0.347 e. The summed E-state index contributed by atoms with van der Waals surface area (Å²) in [7, 11) is 0. The van der Waals surface area contributed by atoms with Crippen LogP contribution in [0.1, 0.15) is 24.0 Å². The Morgan fingerprint density at radius 1 is 1.08 bits per heavy atom. The molecule has 25 heavy (non-hydrogen) atoms. The van der Waals surface area contributed by atoms with Crippen LogP contribution in [0.25, 0.3) is 11.3 Å². The highest BCUT2D eigenvalue weighted by Gasteiger charge is 2.13. The van der Waals surface area contributed by atoms with Crippen LogP contribution in [0.3, 0.4) is 0 Å². The Balaban J connectivity index is 1.88. The van der Waals surface area contributed by atoms with Crippen LogP contribution in [-0.4, -0.2) is 15.9 Å². The van der Waals surface area contributed by atoms with E-state index in [-0.39, 0.29) is 5.91 Å². The Hall–Kier alpha value is -3.14. The quantitative estimate of drug-likeness (QED) is 0.674. The number of imidazole rings is 1. The lowest BCUT2D eigenvalue weighted by atomic mass is 10.1. The second kappa shape index (κ2) is 7.62. The first-order valence-corrected chi connectivity index (χ1v) is 8.24. The summed E-state index contributed by atoms with van der Waals surface area (Å²) in [5, 5.41) is 2.88. The highest BCUT2D eigenvalue weighted by atomic mass is 16.1. The van der Waals surface area contributed by atoms with Gasteiger partial charge in [0.25, 0.3) is 0 Å². The summed E-state index contributed by atoms with van der Waals surface area (Å²) in [6.45, 7) is 5.75. The standard InChI is InChI=1S/C21H21N3O/c1-15(2)21(25)22-14-18-20(17-11-7-4-8-12-17)24-19(23-18)13-16-9-5-3-6-10-16/h3-12H,1,13-14H2,2H3,(H,22,25)(H,23,24). The van der Waals surface area contributed by atoms with Crippen LogP contribution >= 0.6 is 0 Å². The fourth-order valence-electron chi connectivity index (χ4n) is 2.62. The first kappa shape index (κ1) is 16.7. The molecule has 2 N–H and O–H groups in total. The van der Waals surface area contributed by atoms with Gasteiger partial charge in [-0.2, -0.15) is 0 Å². The highest BCUT2D eigenvalue weighted by molar-refractivity contribution is 5.92. The van der Waals surface area contributed by atoms with Crippen molar-refractivity contribution in [3.63, 3.8) is 0 Å². The van der Waals surface area contributed by atoms with Crippen LogP contribution in [0.2, 0.25) is 0 Å². The van der Waals surface area contributed by atoms with Crippen molar-refractivity contribution in [1.29, 1.82) is 0 Å². The molecular formula is C21H21N3O. The number of carbonyl (C=O) groups is 1. The first-order chi connectivity index (χ1) is 12.1. The average molecular weight is 331 g/mol. The smallest absolute Gasteiger partial charge is 0.246 e. The molecule has 0 radical (unpaired) electrons. The molecule has 1 aromatic heterocycles. The van der Waals surface area contributed by atoms with Crippen molar-refractivity contribution in [3.05, 3.63) is 89.9 Å². The number of rotatable bonds is 6. The van der Waals surface area contributed by atoms with Gasteiger partial charge in [-0.15, -0.1) is 0 Å². The predicted octanol–water partition coefficient (Wildman–Crippen LogP) is 3.86. The molecule has 4 nitrogen and oxygen atoms in total. The zero-order valence-corrected chi connectivity index (χ0v) is 14.3. The molecule has 0 unspecified atom stereocenters. The van der Waals surface area contributed by atoms with Gasteiger partial charge >= 0.3 is 0 Å². The molecule has 3 rings (SSSR count). The lowest BCUT2D eigenvalue weighted by Crippen LogP contribution is -2.23. The molecule has 2 aromatic carbocycles. The van der Waals surface area contributed by atoms with Gasteiger partial charge in [-0.3, -0.25) is 4.79 Å². The number of nitrogens with zero attached hydrogens (tertiary/aromatic N) is 1. The molecular weight excluding hydrogens is 310 g/mol. The van der Waals surface area contributed by atoms with Gasteiger partial charge in [-0.05, 0) is 12.5 Å². The molecule has 0 aliphatic heterocycles. The maximum atomic E-state index is 11.8. The van der Waals surface area contributed by atoms with Crippen LogP contribution in [0, 0.1) is 0 Å². The van der Waals surface area contributed by atoms with Crippen LogP contribution in [0.4, 0.5) is 0 Å². The third kappa shape index (κ3) is 4.23. The molecule has 3 aromatic rings. The molecule has 0 bridgehead atoms. The van der Waals surface area contributed by atoms with E-state index in [4.69, 9.17) is 4.98 Å². The van der Waals surface area contributed by atoms with E-state index in [1.54, 1.807) is 6.92 Å². The molecule has 0 fully saturated rings. The lowest BCUT2D eigenvalue weighted by molar-refractivity contribution is -0.117. The summed E-state index contributed by atoms with van der Waals surface area (Å²) in [4.78, 5) is 20.0. The van der Waals surface area contributed by atoms with Crippen LogP contribution in [-0.2, 0) is 17.8 Å². The van der Waals surface area contributed by atoms with Crippen molar-refractivity contribution >= 4 is 5.91 Å². The monoisotopic (exact) mass is 331 g/mol. The summed E-state index contributed by atoms with van der Waals surface area (Å²) in [5.41, 5.74) is 4.47. The van der Waals surface area contributed by atoms with Gasteiger partial charge in [0, 0.05) is 17.6 Å². The minimum Gasteiger partial charge on any atom is -0.347 e. The SMILES string of the molecule is C=C(C)C(=O)NCc1[nH]c(Cc2ccccc2)nc1-c1ccccc1. The predicted molar refractivity (Wildman–Crippen MR) is 99.9 cm³/mol. The Bertz CT molecular complexity index is 867. The number of H-pyrrole nitrogens is 1. The Labute approximate surface area is 147 Å². The minimum absolute atomic E-state index is 0.154. The van der Waals surface area contributed by atoms with E-state index in [0.29, 0.717) is 12.1 Å². The van der Waals surface area contributed by atoms with Crippen LogP contribution < -0.4 is 5.32 Å². The van der Waals surface area contributed by atoms with Crippen molar-refractivity contribution in [3.8, 4) is 11.3 Å². The number of hydrogen-bond donors (Lipinski definition) is 2. The Morgan fingerprint density at radius 2 is 1.72 bits per heavy atom. The lowest BCUT2D eigenvalue weighted by Gasteiger charge is -2.05. The maximum absolute atomic E-state index is 11.8. The zero-order chi connectivity index (χ0) is 17.6. The van der Waals surface area contributed by atoms with Crippen molar-refractivity contribution in [1.82, 2.24) is 15.3 Å². The van der Waals surface area contributed by atoms with Gasteiger partial charge in [-0.1, -0.05) is 67.2 Å². The Kier molecular flexibility index (Phi) is 5.09. The van der Waals surface area contributed by atoms with Gasteiger partial charge in [0.1, 0.15) is 5.82 Å². The molecule has 0 aliphatic carbocycles. The summed E-state index contributed by atoms with van der Waals surface area (Å²) in [6, 6.07) is 20.2. The molecule has 0 saturated heterocycles. The third-order valence-corrected chi connectivity index (χ3v) is 3.90. The van der Waals surface area contributed by atoms with Crippen molar-refractivity contribution < 1.29 is 4.79 Å². The molecule has 1 amide bonds. The van der Waals surface area contributed by atoms with Gasteiger partial charge in [0.15, 0.2) is 0 Å². The first-order valence-electron chi connectivity index (χ1n) is 8.24. The average Bonchev–Trinajstić information content (AvgIpc) is 3.04. The summed E-state index contributed by atoms with van der Waals surface area (Å²) >= 11 is 0. The van der Waals surface area contributed by atoms with E-state index in [1.807, 2.05) is 48.5 Å². The van der Waals surface area contributed by atoms with Crippen LogP contribution in [0.5, 0.6) is 0 Å². The second-order valence-corrected chi connectivity index (χ2v) is 6.00. The third-order valence-electron chi connectivity index (χ3n) is 3.90. The number of aromatic amines is 1. The summed E-state index contributed by atoms with van der Waals surface area (Å²) < 4.78 is 0. The maximum Gasteiger partial charge on any atom is 0.246 e. The fourth-order valence-corrected chi connectivity index (χ4v) is 2.62. The van der Waals surface area contributed by atoms with E-state index >= 15 is 0 Å². The summed E-state index contributed by atoms with van der Waals surface area (Å²) in [6.07, 6.45) is 0.717. The normalized spacial score (nSPS) is 10.4. The molecule has 4 heteroatoms. The summed E-state index contributed by atoms with van der Waals surface area (Å²) in [5.74, 6) is 0.725. The van der Waals surface area contributed by atoms with E-state index in [0.717, 1.165) is 29.2 Å². The topological polar surface area (TPSA) is 57.8 Å². The Morgan fingerprint density at radius 3 is 2.36 bits per heavy atom. The van der Waals surface area contributed by atoms with Crippen molar-refractivity contribution in [2.45, 2.75) is 19.9 Å². The van der Waals surface area contributed by atoms with E-state index in [9.17, 15) is 4.79 Å². The van der Waals surface area contributed by atoms with Crippen LogP contribution in [0.15, 0.2) is 72.8 Å². The van der Waals surface area contributed by atoms with E-state index in [2.05, 4.69) is 29.0 Å². The highest BCUT2D eigenvalue weighted by Crippen LogP contribution is 2.22. The fraction of sp³-hybridized carbons (Fsp3) is 0.143. The number of benzene rings is 2. The molecule has 0 atom stereocenters. The molecule has 1 heterocycles. The molecule has 0 saturated carbocycles. The zero-order valence-electron chi connectivity index (χ0n) is 14.3. The van der Waals surface area contributed by atoms with Gasteiger partial charge in [-0.25, -0.2) is 4.98 Å². The van der Waals surface area contributed by atoms with Gasteiger partial charge < -0.3 is 10.3 Å². The minimum atomic E-state index is -0.154. The molecule has 126 valence electrons. The van der Waals surface area contributed by atoms with Crippen molar-refractivity contribution in [2.24, 2.45) is 0 Å². The van der Waals surface area contributed by atoms with Crippen molar-refractivity contribution in [2.75, 3.05) is 0 Å². The molecule has 0 aliphatic rings. The molecule has 0 spiro atoms. The van der Waals surface area contributed by atoms with E-state index < -0.39 is 0 Å². The number of hydrogen-bond acceptors (Lipinski definition) is 2. The van der Waals surface area contributed by atoms with Gasteiger partial charge in [0.05, 0.1) is 17.9 Å². The number of aromatic nitrogens is 2. The van der Waals surface area contributed by atoms with E-state index in [1.165, 1.54) is 5.56 Å². The number of nitrogens with one attached hydrogen (secondary N) is 2. The number of carbonyl (C=O) groups excluding carboxylic acids is 1. The number of amides is 1.